The molecule has 0 aromatic heterocycles. The van der Waals surface area contributed by atoms with Crippen LogP contribution in [0, 0.1) is 0 Å². The van der Waals surface area contributed by atoms with E-state index in [4.69, 9.17) is 5.73 Å². The van der Waals surface area contributed by atoms with Gasteiger partial charge in [-0.15, -0.1) is 0 Å². The van der Waals surface area contributed by atoms with Crippen molar-refractivity contribution >= 4 is 5.97 Å². The topological polar surface area (TPSA) is 69.8 Å². The normalized spacial score (nSPS) is 35.4. The van der Waals surface area contributed by atoms with Gasteiger partial charge in [-0.05, 0) is 32.6 Å². The fourth-order valence-corrected chi connectivity index (χ4v) is 3.36. The molecule has 3 atom stereocenters. The van der Waals surface area contributed by atoms with Gasteiger partial charge in [0.15, 0.2) is 0 Å². The average molecular weight is 269 g/mol. The Morgan fingerprint density at radius 2 is 2.05 bits per heavy atom. The van der Waals surface area contributed by atoms with E-state index in [9.17, 15) is 9.90 Å². The Morgan fingerprint density at radius 3 is 2.53 bits per heavy atom. The van der Waals surface area contributed by atoms with E-state index in [0.717, 1.165) is 32.6 Å². The molecule has 0 spiro atoms. The lowest BCUT2D eigenvalue weighted by molar-refractivity contribution is -0.143. The molecule has 1 aliphatic carbocycles. The van der Waals surface area contributed by atoms with Crippen molar-refractivity contribution < 1.29 is 9.90 Å². The zero-order chi connectivity index (χ0) is 14.0. The van der Waals surface area contributed by atoms with Crippen LogP contribution in [-0.2, 0) is 4.79 Å². The molecule has 0 aromatic rings. The summed E-state index contributed by atoms with van der Waals surface area (Å²) in [4.78, 5) is 16.1. The lowest BCUT2D eigenvalue weighted by Gasteiger charge is -2.40. The SMILES string of the molecule is CCC(C)N1CCN(C2CCC(N)(C(=O)O)C2)CC1. The maximum Gasteiger partial charge on any atom is 0.323 e. The number of nitrogens with zero attached hydrogens (tertiary/aromatic N) is 2. The lowest BCUT2D eigenvalue weighted by Crippen LogP contribution is -2.53. The van der Waals surface area contributed by atoms with Crippen molar-refractivity contribution in [1.29, 1.82) is 0 Å². The summed E-state index contributed by atoms with van der Waals surface area (Å²) in [6.45, 7) is 8.78. The van der Waals surface area contributed by atoms with E-state index < -0.39 is 11.5 Å². The highest BCUT2D eigenvalue weighted by atomic mass is 16.4. The smallest absolute Gasteiger partial charge is 0.323 e. The van der Waals surface area contributed by atoms with Crippen molar-refractivity contribution in [2.45, 2.75) is 57.2 Å². The van der Waals surface area contributed by atoms with Gasteiger partial charge in [-0.2, -0.15) is 0 Å². The molecule has 1 heterocycles. The second-order valence-corrected chi connectivity index (χ2v) is 6.19. The summed E-state index contributed by atoms with van der Waals surface area (Å²) in [6.07, 6.45) is 3.32. The first-order chi connectivity index (χ1) is 8.96. The van der Waals surface area contributed by atoms with Crippen LogP contribution in [0.15, 0.2) is 0 Å². The van der Waals surface area contributed by atoms with E-state index in [-0.39, 0.29) is 0 Å². The number of carbonyl (C=O) groups is 1. The molecule has 0 aromatic carbocycles. The van der Waals surface area contributed by atoms with E-state index in [2.05, 4.69) is 23.6 Å². The highest BCUT2D eigenvalue weighted by Crippen LogP contribution is 2.32. The van der Waals surface area contributed by atoms with Gasteiger partial charge >= 0.3 is 5.97 Å². The van der Waals surface area contributed by atoms with Crippen LogP contribution in [0.1, 0.15) is 39.5 Å². The van der Waals surface area contributed by atoms with Crippen LogP contribution in [-0.4, -0.2) is 64.7 Å². The van der Waals surface area contributed by atoms with Crippen LogP contribution in [0.4, 0.5) is 0 Å². The summed E-state index contributed by atoms with van der Waals surface area (Å²) in [7, 11) is 0. The maximum atomic E-state index is 11.2. The molecule has 2 fully saturated rings. The second-order valence-electron chi connectivity index (χ2n) is 6.19. The van der Waals surface area contributed by atoms with Gasteiger partial charge in [-0.1, -0.05) is 6.92 Å². The third kappa shape index (κ3) is 3.09. The Labute approximate surface area is 115 Å². The van der Waals surface area contributed by atoms with Crippen LogP contribution >= 0.6 is 0 Å². The molecule has 1 aliphatic heterocycles. The molecule has 3 unspecified atom stereocenters. The summed E-state index contributed by atoms with van der Waals surface area (Å²) in [5.41, 5.74) is 4.97. The predicted molar refractivity (Wildman–Crippen MR) is 75.1 cm³/mol. The number of piperazine rings is 1. The van der Waals surface area contributed by atoms with Crippen molar-refractivity contribution in [3.8, 4) is 0 Å². The first-order valence-corrected chi connectivity index (χ1v) is 7.46. The van der Waals surface area contributed by atoms with E-state index in [1.54, 1.807) is 0 Å². The quantitative estimate of drug-likeness (QED) is 0.787. The van der Waals surface area contributed by atoms with E-state index in [0.29, 0.717) is 24.9 Å². The van der Waals surface area contributed by atoms with E-state index in [1.165, 1.54) is 6.42 Å². The fraction of sp³-hybridized carbons (Fsp3) is 0.929. The summed E-state index contributed by atoms with van der Waals surface area (Å²) >= 11 is 0. The summed E-state index contributed by atoms with van der Waals surface area (Å²) in [5.74, 6) is -0.840. The molecule has 0 amide bonds. The van der Waals surface area contributed by atoms with Crippen LogP contribution in [0.5, 0.6) is 0 Å². The van der Waals surface area contributed by atoms with Crippen molar-refractivity contribution in [3.05, 3.63) is 0 Å². The highest BCUT2D eigenvalue weighted by Gasteiger charge is 2.44. The minimum atomic E-state index is -0.988. The molecule has 3 N–H and O–H groups in total. The second kappa shape index (κ2) is 5.77. The Morgan fingerprint density at radius 1 is 1.42 bits per heavy atom. The minimum Gasteiger partial charge on any atom is -0.480 e. The van der Waals surface area contributed by atoms with Crippen LogP contribution in [0.25, 0.3) is 0 Å². The zero-order valence-electron chi connectivity index (χ0n) is 12.1. The number of hydrogen-bond donors (Lipinski definition) is 2. The predicted octanol–water partition coefficient (Wildman–Crippen LogP) is 0.737. The van der Waals surface area contributed by atoms with Gasteiger partial charge in [0, 0.05) is 38.3 Å². The van der Waals surface area contributed by atoms with E-state index in [1.807, 2.05) is 0 Å². The Hall–Kier alpha value is -0.650. The molecule has 1 saturated carbocycles. The van der Waals surface area contributed by atoms with Gasteiger partial charge in [0.2, 0.25) is 0 Å². The summed E-state index contributed by atoms with van der Waals surface area (Å²) in [5, 5.41) is 9.18. The molecule has 110 valence electrons. The molecule has 0 bridgehead atoms. The van der Waals surface area contributed by atoms with Crippen LogP contribution in [0.3, 0.4) is 0 Å². The van der Waals surface area contributed by atoms with Crippen molar-refractivity contribution in [1.82, 2.24) is 9.80 Å². The van der Waals surface area contributed by atoms with Gasteiger partial charge in [0.25, 0.3) is 0 Å². The molecule has 2 rings (SSSR count). The van der Waals surface area contributed by atoms with E-state index >= 15 is 0 Å². The van der Waals surface area contributed by atoms with Gasteiger partial charge in [0.1, 0.15) is 5.54 Å². The largest absolute Gasteiger partial charge is 0.480 e. The first-order valence-electron chi connectivity index (χ1n) is 7.46. The molecule has 5 nitrogen and oxygen atoms in total. The van der Waals surface area contributed by atoms with Crippen LogP contribution < -0.4 is 5.73 Å². The van der Waals surface area contributed by atoms with Crippen molar-refractivity contribution in [3.63, 3.8) is 0 Å². The molecular weight excluding hydrogens is 242 g/mol. The third-order valence-electron chi connectivity index (χ3n) is 5.03. The molecule has 2 aliphatic rings. The fourth-order valence-electron chi connectivity index (χ4n) is 3.36. The standard InChI is InChI=1S/C14H27N3O2/c1-3-11(2)16-6-8-17(9-7-16)12-4-5-14(15,10-12)13(18)19/h11-12H,3-10,15H2,1-2H3,(H,18,19). The van der Waals surface area contributed by atoms with Gasteiger partial charge in [-0.25, -0.2) is 0 Å². The molecule has 1 saturated heterocycles. The number of nitrogens with two attached hydrogens (primary N) is 1. The summed E-state index contributed by atoms with van der Waals surface area (Å²) in [6, 6.07) is 1.01. The maximum absolute atomic E-state index is 11.2. The third-order valence-corrected chi connectivity index (χ3v) is 5.03. The zero-order valence-corrected chi connectivity index (χ0v) is 12.1. The molecule has 19 heavy (non-hydrogen) atoms. The molecule has 0 radical (unpaired) electrons. The number of aliphatic carboxylic acids is 1. The number of carboxylic acids is 1. The number of hydrogen-bond acceptors (Lipinski definition) is 4. The first kappa shape index (κ1) is 14.8. The van der Waals surface area contributed by atoms with Crippen LogP contribution in [0.2, 0.25) is 0 Å². The average Bonchev–Trinajstić information content (AvgIpc) is 2.82. The minimum absolute atomic E-state index is 0.361. The Balaban J connectivity index is 1.85. The highest BCUT2D eigenvalue weighted by molar-refractivity contribution is 5.79. The molecule has 5 heteroatoms. The number of rotatable bonds is 4. The lowest BCUT2D eigenvalue weighted by atomic mass is 9.99. The summed E-state index contributed by atoms with van der Waals surface area (Å²) < 4.78 is 0. The Kier molecular flexibility index (Phi) is 4.48. The molecular formula is C14H27N3O2. The monoisotopic (exact) mass is 269 g/mol. The Bertz CT molecular complexity index is 329. The van der Waals surface area contributed by atoms with Gasteiger partial charge in [-0.3, -0.25) is 14.6 Å². The van der Waals surface area contributed by atoms with Gasteiger partial charge < -0.3 is 10.8 Å². The van der Waals surface area contributed by atoms with Crippen molar-refractivity contribution in [2.75, 3.05) is 26.2 Å². The number of carboxylic acid groups (broad SMARTS) is 1. The van der Waals surface area contributed by atoms with Gasteiger partial charge in [0.05, 0.1) is 0 Å². The van der Waals surface area contributed by atoms with Crippen molar-refractivity contribution in [2.24, 2.45) is 5.73 Å².